The number of carbonyl (C=O) groups is 4. The number of methoxy groups -OCH3 is 1. The molecule has 0 aliphatic heterocycles. The lowest BCUT2D eigenvalue weighted by Crippen LogP contribution is -2.58. The molecule has 0 fully saturated rings. The zero-order valence-corrected chi connectivity index (χ0v) is 25.5. The van der Waals surface area contributed by atoms with Crippen LogP contribution in [0.2, 0.25) is 0 Å². The van der Waals surface area contributed by atoms with E-state index in [1.165, 1.54) is 17.1 Å². The molecule has 2 unspecified atom stereocenters. The summed E-state index contributed by atoms with van der Waals surface area (Å²) in [4.78, 5) is 50.5. The third kappa shape index (κ3) is 15.2. The van der Waals surface area contributed by atoms with Crippen LogP contribution in [0.5, 0.6) is 5.75 Å². The van der Waals surface area contributed by atoms with Crippen LogP contribution >= 0.6 is 0 Å². The first kappa shape index (κ1) is 37.1. The van der Waals surface area contributed by atoms with Gasteiger partial charge in [0.15, 0.2) is 0 Å². The van der Waals surface area contributed by atoms with Gasteiger partial charge in [0.25, 0.3) is 0 Å². The largest absolute Gasteiger partial charge is 0.508 e. The van der Waals surface area contributed by atoms with Crippen LogP contribution in [0.1, 0.15) is 52.0 Å². The van der Waals surface area contributed by atoms with Gasteiger partial charge in [-0.15, -0.1) is 0 Å². The Hall–Kier alpha value is -3.88. The summed E-state index contributed by atoms with van der Waals surface area (Å²) in [5.74, 6) is 4.60. The van der Waals surface area contributed by atoms with Gasteiger partial charge in [-0.1, -0.05) is 26.0 Å². The van der Waals surface area contributed by atoms with E-state index in [9.17, 15) is 29.4 Å². The number of aliphatic hydroxyl groups is 1. The fraction of sp³-hybridized carbons (Fsp3) is 0.586. The smallest absolute Gasteiger partial charge is 0.245 e. The SMILES string of the molecule is COCC/C(N)=C/N(N)CCC[C@H](NC(=O)C(Cc1ccc(O)cc1)NC(=O)[C@H](CO)NC=O)C(=O)NC(C)CC(C)C. The van der Waals surface area contributed by atoms with Crippen molar-refractivity contribution in [3.05, 3.63) is 41.7 Å². The van der Waals surface area contributed by atoms with Crippen molar-refractivity contribution in [2.24, 2.45) is 17.5 Å². The lowest BCUT2D eigenvalue weighted by Gasteiger charge is -2.26. The van der Waals surface area contributed by atoms with Gasteiger partial charge in [-0.2, -0.15) is 0 Å². The van der Waals surface area contributed by atoms with Crippen molar-refractivity contribution < 1.29 is 34.1 Å². The molecule has 43 heavy (non-hydrogen) atoms. The average Bonchev–Trinajstić information content (AvgIpc) is 2.94. The third-order valence-corrected chi connectivity index (χ3v) is 6.46. The molecule has 0 spiro atoms. The Balaban J connectivity index is 3.13. The van der Waals surface area contributed by atoms with Crippen molar-refractivity contribution >= 4 is 24.1 Å². The molecule has 0 saturated heterocycles. The molecule has 0 heterocycles. The van der Waals surface area contributed by atoms with Gasteiger partial charge in [-0.3, -0.25) is 19.2 Å². The van der Waals surface area contributed by atoms with Crippen LogP contribution in [0.15, 0.2) is 36.2 Å². The summed E-state index contributed by atoms with van der Waals surface area (Å²) in [7, 11) is 1.57. The van der Waals surface area contributed by atoms with E-state index in [1.807, 2.05) is 20.8 Å². The van der Waals surface area contributed by atoms with E-state index < -0.39 is 36.5 Å². The molecule has 10 N–H and O–H groups in total. The maximum Gasteiger partial charge on any atom is 0.245 e. The fourth-order valence-electron chi connectivity index (χ4n) is 4.33. The highest BCUT2D eigenvalue weighted by Crippen LogP contribution is 2.13. The predicted molar refractivity (Wildman–Crippen MR) is 162 cm³/mol. The number of nitrogens with one attached hydrogen (secondary N) is 4. The summed E-state index contributed by atoms with van der Waals surface area (Å²) in [6, 6.07) is 2.53. The molecule has 242 valence electrons. The molecule has 1 rings (SSSR count). The van der Waals surface area contributed by atoms with Crippen LogP contribution in [-0.4, -0.2) is 90.4 Å². The number of phenolic OH excluding ortho intramolecular Hbond substituents is 1. The summed E-state index contributed by atoms with van der Waals surface area (Å²) in [5.41, 5.74) is 7.10. The maximum absolute atomic E-state index is 13.6. The van der Waals surface area contributed by atoms with Gasteiger partial charge < -0.3 is 47.0 Å². The molecule has 0 aromatic heterocycles. The molecule has 14 heteroatoms. The molecular weight excluding hydrogens is 558 g/mol. The summed E-state index contributed by atoms with van der Waals surface area (Å²) in [6.07, 6.45) is 3.77. The minimum absolute atomic E-state index is 0.0112. The van der Waals surface area contributed by atoms with Crippen molar-refractivity contribution in [3.8, 4) is 5.75 Å². The molecule has 1 aromatic carbocycles. The van der Waals surface area contributed by atoms with E-state index in [4.69, 9.17) is 16.3 Å². The highest BCUT2D eigenvalue weighted by Gasteiger charge is 2.29. The van der Waals surface area contributed by atoms with Crippen LogP contribution in [0.3, 0.4) is 0 Å². The van der Waals surface area contributed by atoms with Crippen LogP contribution in [0.25, 0.3) is 0 Å². The predicted octanol–water partition coefficient (Wildman–Crippen LogP) is -0.645. The molecule has 1 aromatic rings. The number of aromatic hydroxyl groups is 1. The molecule has 4 amide bonds. The molecule has 0 aliphatic carbocycles. The number of hydrogen-bond donors (Lipinski definition) is 8. The molecule has 14 nitrogen and oxygen atoms in total. The number of hydrogen-bond acceptors (Lipinski definition) is 10. The Morgan fingerprint density at radius 3 is 2.19 bits per heavy atom. The van der Waals surface area contributed by atoms with Gasteiger partial charge >= 0.3 is 0 Å². The number of nitrogens with zero attached hydrogens (tertiary/aromatic N) is 1. The van der Waals surface area contributed by atoms with Gasteiger partial charge in [0.1, 0.15) is 23.9 Å². The highest BCUT2D eigenvalue weighted by molar-refractivity contribution is 5.93. The quantitative estimate of drug-likeness (QED) is 0.0501. The maximum atomic E-state index is 13.6. The Labute approximate surface area is 253 Å². The molecule has 0 bridgehead atoms. The first-order valence-corrected chi connectivity index (χ1v) is 14.4. The fourth-order valence-corrected chi connectivity index (χ4v) is 4.33. The number of ether oxygens (including phenoxy) is 1. The highest BCUT2D eigenvalue weighted by atomic mass is 16.5. The van der Waals surface area contributed by atoms with Crippen molar-refractivity contribution in [2.75, 3.05) is 26.9 Å². The van der Waals surface area contributed by atoms with Gasteiger partial charge in [0.05, 0.1) is 13.2 Å². The van der Waals surface area contributed by atoms with E-state index in [-0.39, 0.29) is 37.0 Å². The normalized spacial score (nSPS) is 14.3. The third-order valence-electron chi connectivity index (χ3n) is 6.46. The second-order valence-electron chi connectivity index (χ2n) is 10.9. The number of rotatable bonds is 21. The Kier molecular flexibility index (Phi) is 17.4. The van der Waals surface area contributed by atoms with Gasteiger partial charge in [0, 0.05) is 44.4 Å². The van der Waals surface area contributed by atoms with Crippen molar-refractivity contribution in [2.45, 2.75) is 77.0 Å². The monoisotopic (exact) mass is 607 g/mol. The van der Waals surface area contributed by atoms with Crippen molar-refractivity contribution in [1.29, 1.82) is 0 Å². The Morgan fingerprint density at radius 2 is 1.60 bits per heavy atom. The number of carbonyl (C=O) groups excluding carboxylic acids is 4. The molecule has 0 radical (unpaired) electrons. The van der Waals surface area contributed by atoms with Crippen LogP contribution < -0.4 is 32.8 Å². The van der Waals surface area contributed by atoms with Gasteiger partial charge in [-0.25, -0.2) is 5.84 Å². The summed E-state index contributed by atoms with van der Waals surface area (Å²) in [6.45, 7) is 6.08. The van der Waals surface area contributed by atoms with Gasteiger partial charge in [-0.05, 0) is 49.8 Å². The number of phenols is 1. The molecule has 0 saturated carbocycles. The molecular formula is C29H49N7O7. The Bertz CT molecular complexity index is 1040. The standard InChI is InChI=1S/C29H49N7O7/c1-19(2)14-20(3)33-27(40)24(6-5-12-36(31)16-22(30)11-13-43-4)34-28(41)25(15-21-7-9-23(39)10-8-21)35-29(42)26(17-37)32-18-38/h7-10,16,18-20,24-26,37,39H,5-6,11-15,17,30-31H2,1-4H3,(H,32,38)(H,33,40)(H,34,41)(H,35,42)/b22-16-/t20?,24-,25?,26-/m0/s1. The van der Waals surface area contributed by atoms with E-state index in [0.717, 1.165) is 6.42 Å². The number of hydrazine groups is 1. The number of amides is 4. The number of aliphatic hydroxyl groups excluding tert-OH is 1. The zero-order chi connectivity index (χ0) is 32.4. The van der Waals surface area contributed by atoms with E-state index in [0.29, 0.717) is 43.2 Å². The minimum atomic E-state index is -1.27. The first-order chi connectivity index (χ1) is 20.4. The number of nitrogens with two attached hydrogens (primary N) is 2. The summed E-state index contributed by atoms with van der Waals surface area (Å²) < 4.78 is 5.01. The number of benzene rings is 1. The van der Waals surface area contributed by atoms with E-state index >= 15 is 0 Å². The molecule has 0 aliphatic rings. The first-order valence-electron chi connectivity index (χ1n) is 14.4. The van der Waals surface area contributed by atoms with Crippen LogP contribution in [-0.2, 0) is 30.3 Å². The molecule has 4 atom stereocenters. The summed E-state index contributed by atoms with van der Waals surface area (Å²) >= 11 is 0. The minimum Gasteiger partial charge on any atom is -0.508 e. The second kappa shape index (κ2) is 20.1. The zero-order valence-electron chi connectivity index (χ0n) is 25.5. The van der Waals surface area contributed by atoms with E-state index in [2.05, 4.69) is 21.3 Å². The topological polar surface area (TPSA) is 221 Å². The van der Waals surface area contributed by atoms with Crippen LogP contribution in [0, 0.1) is 5.92 Å². The lowest BCUT2D eigenvalue weighted by atomic mass is 10.0. The average molecular weight is 608 g/mol. The second-order valence-corrected chi connectivity index (χ2v) is 10.9. The lowest BCUT2D eigenvalue weighted by molar-refractivity contribution is -0.133. The summed E-state index contributed by atoms with van der Waals surface area (Å²) in [5, 5.41) is 31.0. The van der Waals surface area contributed by atoms with Gasteiger partial charge in [0.2, 0.25) is 24.1 Å². The Morgan fingerprint density at radius 1 is 1.00 bits per heavy atom. The van der Waals surface area contributed by atoms with Crippen molar-refractivity contribution in [1.82, 2.24) is 26.3 Å². The van der Waals surface area contributed by atoms with Crippen LogP contribution in [0.4, 0.5) is 0 Å². The van der Waals surface area contributed by atoms with Crippen molar-refractivity contribution in [3.63, 3.8) is 0 Å². The van der Waals surface area contributed by atoms with E-state index in [1.54, 1.807) is 25.4 Å².